The number of esters is 1. The van der Waals surface area contributed by atoms with E-state index in [0.717, 1.165) is 45.4 Å². The normalized spacial score (nSPS) is 25.9. The standard InChI is InChI=1S/C32H36O5/c1-34-9-10-36-20-37-30-8-7-28(32-17-21-11-22(18-32)13-23(12-21)19-32)16-29(30)26-5-3-25-15-27(31(33)35-2)6-4-24(25)14-26/h3-8,14-16,21-23H,9-13,17-20H2,1-2H3. The highest BCUT2D eigenvalue weighted by Crippen LogP contribution is 2.61. The van der Waals surface area contributed by atoms with Crippen molar-refractivity contribution in [2.24, 2.45) is 17.8 Å². The van der Waals surface area contributed by atoms with Crippen molar-refractivity contribution in [3.05, 3.63) is 65.7 Å². The molecule has 0 unspecified atom stereocenters. The number of ether oxygens (including phenoxy) is 4. The fourth-order valence-electron chi connectivity index (χ4n) is 7.64. The van der Waals surface area contributed by atoms with Gasteiger partial charge in [-0.05, 0) is 114 Å². The molecule has 4 fully saturated rings. The van der Waals surface area contributed by atoms with Gasteiger partial charge in [-0.25, -0.2) is 4.79 Å². The highest BCUT2D eigenvalue weighted by molar-refractivity contribution is 5.96. The molecule has 5 nitrogen and oxygen atoms in total. The lowest BCUT2D eigenvalue weighted by Gasteiger charge is -2.57. The second-order valence-corrected chi connectivity index (χ2v) is 11.3. The Balaban J connectivity index is 1.36. The first-order chi connectivity index (χ1) is 18.1. The summed E-state index contributed by atoms with van der Waals surface area (Å²) in [5.74, 6) is 3.19. The molecule has 37 heavy (non-hydrogen) atoms. The summed E-state index contributed by atoms with van der Waals surface area (Å²) in [5, 5.41) is 2.09. The maximum atomic E-state index is 12.0. The van der Waals surface area contributed by atoms with E-state index < -0.39 is 0 Å². The third kappa shape index (κ3) is 4.75. The maximum absolute atomic E-state index is 12.0. The van der Waals surface area contributed by atoms with E-state index in [4.69, 9.17) is 18.9 Å². The summed E-state index contributed by atoms with van der Waals surface area (Å²) in [6.45, 7) is 1.22. The van der Waals surface area contributed by atoms with E-state index in [1.807, 2.05) is 18.2 Å². The first kappa shape index (κ1) is 24.4. The average Bonchev–Trinajstić information content (AvgIpc) is 2.91. The molecule has 3 aromatic rings. The molecule has 4 aliphatic rings. The second-order valence-electron chi connectivity index (χ2n) is 11.3. The Morgan fingerprint density at radius 3 is 2.24 bits per heavy atom. The maximum Gasteiger partial charge on any atom is 0.337 e. The average molecular weight is 501 g/mol. The smallest absolute Gasteiger partial charge is 0.337 e. The number of hydrogen-bond acceptors (Lipinski definition) is 5. The molecule has 3 aromatic carbocycles. The van der Waals surface area contributed by atoms with E-state index in [-0.39, 0.29) is 12.8 Å². The highest BCUT2D eigenvalue weighted by atomic mass is 16.7. The van der Waals surface area contributed by atoms with Crippen LogP contribution in [0.15, 0.2) is 54.6 Å². The van der Waals surface area contributed by atoms with Gasteiger partial charge in [-0.2, -0.15) is 0 Å². The summed E-state index contributed by atoms with van der Waals surface area (Å²) >= 11 is 0. The van der Waals surface area contributed by atoms with Gasteiger partial charge in [0.25, 0.3) is 0 Å². The number of carbonyl (C=O) groups excluding carboxylic acids is 1. The quantitative estimate of drug-likeness (QED) is 0.185. The molecular weight excluding hydrogens is 464 g/mol. The summed E-state index contributed by atoms with van der Waals surface area (Å²) in [6.07, 6.45) is 8.28. The molecule has 5 heteroatoms. The van der Waals surface area contributed by atoms with Crippen molar-refractivity contribution < 1.29 is 23.7 Å². The topological polar surface area (TPSA) is 54.0 Å². The Bertz CT molecular complexity index is 1260. The second kappa shape index (κ2) is 10.1. The van der Waals surface area contributed by atoms with Gasteiger partial charge in [-0.1, -0.05) is 24.3 Å². The summed E-state index contributed by atoms with van der Waals surface area (Å²) < 4.78 is 21.8. The molecule has 0 radical (unpaired) electrons. The predicted molar refractivity (Wildman–Crippen MR) is 144 cm³/mol. The Labute approximate surface area is 219 Å². The van der Waals surface area contributed by atoms with Gasteiger partial charge in [0, 0.05) is 12.7 Å². The lowest BCUT2D eigenvalue weighted by Crippen LogP contribution is -2.48. The van der Waals surface area contributed by atoms with Gasteiger partial charge in [-0.3, -0.25) is 0 Å². The molecule has 0 aliphatic heterocycles. The Morgan fingerprint density at radius 1 is 0.838 bits per heavy atom. The van der Waals surface area contributed by atoms with E-state index >= 15 is 0 Å². The molecule has 0 saturated heterocycles. The highest BCUT2D eigenvalue weighted by Gasteiger charge is 2.51. The summed E-state index contributed by atoms with van der Waals surface area (Å²) in [7, 11) is 3.08. The lowest BCUT2D eigenvalue weighted by molar-refractivity contribution is -0.00876. The number of hydrogen-bond donors (Lipinski definition) is 0. The van der Waals surface area contributed by atoms with Crippen molar-refractivity contribution >= 4 is 16.7 Å². The van der Waals surface area contributed by atoms with Gasteiger partial charge in [0.2, 0.25) is 0 Å². The van der Waals surface area contributed by atoms with Crippen LogP contribution in [0.3, 0.4) is 0 Å². The molecule has 4 bridgehead atoms. The van der Waals surface area contributed by atoms with Crippen LogP contribution in [-0.2, 0) is 19.6 Å². The van der Waals surface area contributed by atoms with Crippen molar-refractivity contribution in [1.29, 1.82) is 0 Å². The van der Waals surface area contributed by atoms with Crippen molar-refractivity contribution in [3.8, 4) is 16.9 Å². The Kier molecular flexibility index (Phi) is 6.68. The molecule has 0 heterocycles. The Morgan fingerprint density at radius 2 is 1.54 bits per heavy atom. The number of rotatable bonds is 9. The van der Waals surface area contributed by atoms with Crippen LogP contribution in [0.25, 0.3) is 21.9 Å². The Hall–Kier alpha value is -2.89. The third-order valence-corrected chi connectivity index (χ3v) is 8.93. The van der Waals surface area contributed by atoms with Gasteiger partial charge in [0.05, 0.1) is 25.9 Å². The van der Waals surface area contributed by atoms with E-state index in [9.17, 15) is 4.79 Å². The minimum Gasteiger partial charge on any atom is -0.467 e. The predicted octanol–water partition coefficient (Wildman–Crippen LogP) is 6.76. The minimum absolute atomic E-state index is 0.184. The van der Waals surface area contributed by atoms with Gasteiger partial charge in [0.1, 0.15) is 5.75 Å². The van der Waals surface area contributed by atoms with Crippen LogP contribution < -0.4 is 4.74 Å². The van der Waals surface area contributed by atoms with Crippen molar-refractivity contribution in [3.63, 3.8) is 0 Å². The molecule has 4 saturated carbocycles. The van der Waals surface area contributed by atoms with Crippen LogP contribution in [0.5, 0.6) is 5.75 Å². The van der Waals surface area contributed by atoms with Gasteiger partial charge >= 0.3 is 5.97 Å². The molecule has 0 spiro atoms. The summed E-state index contributed by atoms with van der Waals surface area (Å²) in [6, 6.07) is 18.9. The monoisotopic (exact) mass is 500 g/mol. The summed E-state index contributed by atoms with van der Waals surface area (Å²) in [4.78, 5) is 12.0. The zero-order valence-electron chi connectivity index (χ0n) is 21.8. The fraction of sp³-hybridized carbons (Fsp3) is 0.469. The zero-order chi connectivity index (χ0) is 25.4. The molecule has 0 atom stereocenters. The molecular formula is C32H36O5. The van der Waals surface area contributed by atoms with Crippen LogP contribution in [0.1, 0.15) is 54.4 Å². The van der Waals surface area contributed by atoms with Crippen LogP contribution in [0.4, 0.5) is 0 Å². The van der Waals surface area contributed by atoms with Crippen LogP contribution in [0.2, 0.25) is 0 Å². The molecule has 0 amide bonds. The number of carbonyl (C=O) groups is 1. The lowest BCUT2D eigenvalue weighted by atomic mass is 9.48. The molecule has 0 N–H and O–H groups in total. The van der Waals surface area contributed by atoms with Gasteiger partial charge in [-0.15, -0.1) is 0 Å². The SMILES string of the molecule is COCCOCOc1ccc(C23CC4CC(CC(C4)C2)C3)cc1-c1ccc2cc(C(=O)OC)ccc2c1. The van der Waals surface area contributed by atoms with E-state index in [1.54, 1.807) is 7.11 Å². The van der Waals surface area contributed by atoms with Crippen molar-refractivity contribution in [2.45, 2.75) is 43.9 Å². The van der Waals surface area contributed by atoms with Gasteiger partial charge in [0.15, 0.2) is 6.79 Å². The first-order valence-electron chi connectivity index (χ1n) is 13.5. The largest absolute Gasteiger partial charge is 0.467 e. The number of methoxy groups -OCH3 is 2. The van der Waals surface area contributed by atoms with E-state index in [2.05, 4.69) is 36.4 Å². The van der Waals surface area contributed by atoms with Crippen molar-refractivity contribution in [1.82, 2.24) is 0 Å². The van der Waals surface area contributed by atoms with Crippen molar-refractivity contribution in [2.75, 3.05) is 34.2 Å². The van der Waals surface area contributed by atoms with E-state index in [0.29, 0.717) is 24.2 Å². The van der Waals surface area contributed by atoms with E-state index in [1.165, 1.54) is 51.2 Å². The summed E-state index contributed by atoms with van der Waals surface area (Å²) in [5.41, 5.74) is 4.54. The van der Waals surface area contributed by atoms with Crippen LogP contribution >= 0.6 is 0 Å². The zero-order valence-corrected chi connectivity index (χ0v) is 21.8. The molecule has 194 valence electrons. The fourth-order valence-corrected chi connectivity index (χ4v) is 7.64. The molecule has 7 rings (SSSR count). The van der Waals surface area contributed by atoms with Crippen LogP contribution in [-0.4, -0.2) is 40.2 Å². The minimum atomic E-state index is -0.321. The van der Waals surface area contributed by atoms with Crippen LogP contribution in [0, 0.1) is 17.8 Å². The molecule has 0 aromatic heterocycles. The third-order valence-electron chi connectivity index (χ3n) is 8.93. The molecule has 4 aliphatic carbocycles. The first-order valence-corrected chi connectivity index (χ1v) is 13.5. The number of fused-ring (bicyclic) bond motifs is 1. The number of benzene rings is 3. The van der Waals surface area contributed by atoms with Gasteiger partial charge < -0.3 is 18.9 Å².